The van der Waals surface area contributed by atoms with Crippen LogP contribution in [0.3, 0.4) is 0 Å². The molecule has 0 radical (unpaired) electrons. The van der Waals surface area contributed by atoms with Crippen LogP contribution in [0.25, 0.3) is 11.0 Å². The second-order valence-electron chi connectivity index (χ2n) is 10.4. The highest BCUT2D eigenvalue weighted by Crippen LogP contribution is 2.47. The standard InChI is InChI=1S/C28H24N6O4/c1-15-8-20-24-21(9-15)33(27(38)34(24)14-23(36)32(20)2)13-22(35)30-18-6-5-16-11-28(12-17(16)10-18)19-4-3-7-29-25(19)31-26(28)37/h3-10H,11-14H2,1-2H3,(H,30,35)(H,29,31,37). The van der Waals surface area contributed by atoms with Crippen molar-refractivity contribution in [1.29, 1.82) is 0 Å². The van der Waals surface area contributed by atoms with Gasteiger partial charge in [0.2, 0.25) is 17.7 Å². The van der Waals surface area contributed by atoms with E-state index in [0.717, 1.165) is 22.3 Å². The number of benzene rings is 2. The first-order chi connectivity index (χ1) is 18.2. The third-order valence-electron chi connectivity index (χ3n) is 8.03. The van der Waals surface area contributed by atoms with Gasteiger partial charge in [-0.1, -0.05) is 12.1 Å². The highest BCUT2D eigenvalue weighted by atomic mass is 16.2. The Hall–Kier alpha value is -4.73. The summed E-state index contributed by atoms with van der Waals surface area (Å²) in [5.41, 5.74) is 5.31. The summed E-state index contributed by atoms with van der Waals surface area (Å²) in [5.74, 6) is 0.0199. The average Bonchev–Trinajstić information content (AvgIpc) is 3.49. The van der Waals surface area contributed by atoms with Gasteiger partial charge in [-0.2, -0.15) is 0 Å². The number of pyridine rings is 1. The number of imidazole rings is 1. The van der Waals surface area contributed by atoms with Crippen LogP contribution in [0.4, 0.5) is 17.2 Å². The molecule has 0 saturated carbocycles. The molecule has 2 N–H and O–H groups in total. The Morgan fingerprint density at radius 2 is 1.92 bits per heavy atom. The minimum atomic E-state index is -0.684. The summed E-state index contributed by atoms with van der Waals surface area (Å²) in [7, 11) is 1.69. The van der Waals surface area contributed by atoms with E-state index in [1.165, 1.54) is 9.13 Å². The molecular weight excluding hydrogens is 484 g/mol. The molecule has 190 valence electrons. The maximum absolute atomic E-state index is 13.2. The van der Waals surface area contributed by atoms with Crippen LogP contribution in [0.15, 0.2) is 53.5 Å². The highest BCUT2D eigenvalue weighted by Gasteiger charge is 2.51. The third kappa shape index (κ3) is 3.03. The van der Waals surface area contributed by atoms with Gasteiger partial charge in [0.05, 0.1) is 22.1 Å². The molecule has 2 aromatic heterocycles. The molecule has 2 aliphatic heterocycles. The molecule has 1 spiro atoms. The summed E-state index contributed by atoms with van der Waals surface area (Å²) in [6, 6.07) is 13.2. The number of rotatable bonds is 3. The van der Waals surface area contributed by atoms with Crippen LogP contribution in [0.5, 0.6) is 0 Å². The fraction of sp³-hybridized carbons (Fsp3) is 0.250. The molecule has 0 saturated heterocycles. The minimum absolute atomic E-state index is 0.0556. The van der Waals surface area contributed by atoms with Crippen molar-refractivity contribution in [3.63, 3.8) is 0 Å². The summed E-state index contributed by atoms with van der Waals surface area (Å²) in [6.07, 6.45) is 2.76. The third-order valence-corrected chi connectivity index (χ3v) is 8.03. The number of aryl methyl sites for hydroxylation is 1. The number of fused-ring (bicyclic) bond motifs is 3. The zero-order valence-electron chi connectivity index (χ0n) is 20.9. The summed E-state index contributed by atoms with van der Waals surface area (Å²) in [5, 5.41) is 5.82. The monoisotopic (exact) mass is 508 g/mol. The van der Waals surface area contributed by atoms with Gasteiger partial charge in [-0.3, -0.25) is 23.5 Å². The Balaban J connectivity index is 1.17. The van der Waals surface area contributed by atoms with E-state index in [9.17, 15) is 19.2 Å². The Labute approximate surface area is 216 Å². The van der Waals surface area contributed by atoms with E-state index in [4.69, 9.17) is 0 Å². The molecule has 38 heavy (non-hydrogen) atoms. The Morgan fingerprint density at radius 3 is 2.76 bits per heavy atom. The number of hydrogen-bond donors (Lipinski definition) is 2. The molecule has 3 aliphatic rings. The lowest BCUT2D eigenvalue weighted by Crippen LogP contribution is -2.38. The number of nitrogens with zero attached hydrogens (tertiary/aromatic N) is 4. The van der Waals surface area contributed by atoms with E-state index in [0.29, 0.717) is 41.1 Å². The SMILES string of the molecule is Cc1cc2c3c(c1)n(CC(=O)Nc1ccc4c(c1)CC1(C4)C(=O)Nc4ncccc41)c(=O)n3CC(=O)N2C. The molecule has 4 heterocycles. The lowest BCUT2D eigenvalue weighted by molar-refractivity contribution is -0.121. The van der Waals surface area contributed by atoms with Gasteiger partial charge >= 0.3 is 5.69 Å². The van der Waals surface area contributed by atoms with Gasteiger partial charge < -0.3 is 15.5 Å². The fourth-order valence-electron chi connectivity index (χ4n) is 6.19. The molecule has 0 fully saturated rings. The van der Waals surface area contributed by atoms with E-state index in [-0.39, 0.29) is 36.5 Å². The Kier molecular flexibility index (Phi) is 4.52. The molecule has 1 atom stereocenters. The number of amides is 3. The first-order valence-electron chi connectivity index (χ1n) is 12.4. The smallest absolute Gasteiger partial charge is 0.325 e. The minimum Gasteiger partial charge on any atom is -0.325 e. The van der Waals surface area contributed by atoms with E-state index < -0.39 is 5.41 Å². The predicted molar refractivity (Wildman–Crippen MR) is 141 cm³/mol. The predicted octanol–water partition coefficient (Wildman–Crippen LogP) is 2.11. The zero-order valence-corrected chi connectivity index (χ0v) is 20.9. The maximum atomic E-state index is 13.2. The number of likely N-dealkylation sites (N-methyl/N-ethyl adjacent to an activating group) is 1. The molecule has 3 amide bonds. The lowest BCUT2D eigenvalue weighted by atomic mass is 9.79. The van der Waals surface area contributed by atoms with Gasteiger partial charge in [0.25, 0.3) is 0 Å². The van der Waals surface area contributed by atoms with Crippen LogP contribution in [0.1, 0.15) is 22.3 Å². The topological polar surface area (TPSA) is 118 Å². The molecule has 7 rings (SSSR count). The Morgan fingerprint density at radius 1 is 1.11 bits per heavy atom. The molecule has 10 heteroatoms. The molecule has 4 aromatic rings. The van der Waals surface area contributed by atoms with Crippen LogP contribution in [-0.4, -0.2) is 38.9 Å². The quantitative estimate of drug-likeness (QED) is 0.440. The van der Waals surface area contributed by atoms with E-state index >= 15 is 0 Å². The van der Waals surface area contributed by atoms with Gasteiger partial charge in [0.15, 0.2) is 0 Å². The Bertz CT molecular complexity index is 1800. The van der Waals surface area contributed by atoms with Crippen LogP contribution in [0, 0.1) is 6.92 Å². The molecule has 10 nitrogen and oxygen atoms in total. The number of hydrogen-bond acceptors (Lipinski definition) is 5. The van der Waals surface area contributed by atoms with Crippen molar-refractivity contribution in [3.05, 3.63) is 81.4 Å². The number of carbonyl (C=O) groups excluding carboxylic acids is 3. The molecule has 2 aromatic carbocycles. The van der Waals surface area contributed by atoms with Crippen molar-refractivity contribution in [1.82, 2.24) is 14.1 Å². The molecule has 0 bridgehead atoms. The van der Waals surface area contributed by atoms with Gasteiger partial charge in [-0.05, 0) is 66.8 Å². The van der Waals surface area contributed by atoms with Crippen LogP contribution in [-0.2, 0) is 45.7 Å². The number of anilines is 3. The first-order valence-corrected chi connectivity index (χ1v) is 12.4. The summed E-state index contributed by atoms with van der Waals surface area (Å²) in [4.78, 5) is 57.6. The van der Waals surface area contributed by atoms with E-state index in [2.05, 4.69) is 15.6 Å². The molecule has 1 unspecified atom stereocenters. The van der Waals surface area contributed by atoms with Crippen molar-refractivity contribution in [2.45, 2.75) is 38.3 Å². The largest absolute Gasteiger partial charge is 0.330 e. The number of nitrogens with one attached hydrogen (secondary N) is 2. The number of carbonyl (C=O) groups is 3. The summed E-state index contributed by atoms with van der Waals surface area (Å²) in [6.45, 7) is 1.65. The van der Waals surface area contributed by atoms with Gasteiger partial charge in [-0.15, -0.1) is 0 Å². The van der Waals surface area contributed by atoms with Crippen molar-refractivity contribution >= 4 is 45.9 Å². The first kappa shape index (κ1) is 22.5. The normalized spacial score (nSPS) is 19.2. The second kappa shape index (κ2) is 7.64. The van der Waals surface area contributed by atoms with E-state index in [1.54, 1.807) is 18.1 Å². The zero-order chi connectivity index (χ0) is 26.3. The van der Waals surface area contributed by atoms with E-state index in [1.807, 2.05) is 49.4 Å². The molecular formula is C28H24N6O4. The average molecular weight is 509 g/mol. The maximum Gasteiger partial charge on any atom is 0.330 e. The van der Waals surface area contributed by atoms with Crippen LogP contribution in [0.2, 0.25) is 0 Å². The van der Waals surface area contributed by atoms with Crippen molar-refractivity contribution in [3.8, 4) is 0 Å². The summed E-state index contributed by atoms with van der Waals surface area (Å²) >= 11 is 0. The summed E-state index contributed by atoms with van der Waals surface area (Å²) < 4.78 is 2.86. The van der Waals surface area contributed by atoms with Crippen molar-refractivity contribution < 1.29 is 14.4 Å². The van der Waals surface area contributed by atoms with Crippen LogP contribution < -0.4 is 21.2 Å². The van der Waals surface area contributed by atoms with Crippen LogP contribution >= 0.6 is 0 Å². The fourth-order valence-corrected chi connectivity index (χ4v) is 6.19. The van der Waals surface area contributed by atoms with Crippen molar-refractivity contribution in [2.75, 3.05) is 22.6 Å². The van der Waals surface area contributed by atoms with Gasteiger partial charge in [-0.25, -0.2) is 9.78 Å². The van der Waals surface area contributed by atoms with Gasteiger partial charge in [0, 0.05) is 24.5 Å². The highest BCUT2D eigenvalue weighted by molar-refractivity contribution is 6.07. The second-order valence-corrected chi connectivity index (χ2v) is 10.4. The van der Waals surface area contributed by atoms with Gasteiger partial charge in [0.1, 0.15) is 18.9 Å². The van der Waals surface area contributed by atoms with Crippen molar-refractivity contribution in [2.24, 2.45) is 0 Å². The molecule has 1 aliphatic carbocycles. The lowest BCUT2D eigenvalue weighted by Gasteiger charge is -2.24. The number of aromatic nitrogens is 3.